The van der Waals surface area contributed by atoms with Gasteiger partial charge in [0.15, 0.2) is 0 Å². The molecule has 132 valence electrons. The maximum atomic E-state index is 12.6. The van der Waals surface area contributed by atoms with Crippen LogP contribution in [0.25, 0.3) is 0 Å². The summed E-state index contributed by atoms with van der Waals surface area (Å²) in [5.41, 5.74) is 3.37. The first-order chi connectivity index (χ1) is 11.9. The molecule has 0 aliphatic carbocycles. The molecule has 0 radical (unpaired) electrons. The maximum absolute atomic E-state index is 12.6. The number of halogens is 1. The smallest absolute Gasteiger partial charge is 0.253 e. The zero-order valence-corrected chi connectivity index (χ0v) is 15.4. The number of carbonyl (C=O) groups is 2. The quantitative estimate of drug-likeness (QED) is 0.910. The molecule has 2 amide bonds. The molecule has 1 aliphatic rings. The summed E-state index contributed by atoms with van der Waals surface area (Å²) in [7, 11) is 0. The number of aryl methyl sites for hydroxylation is 1. The van der Waals surface area contributed by atoms with Gasteiger partial charge in [-0.05, 0) is 39.0 Å². The van der Waals surface area contributed by atoms with Gasteiger partial charge in [-0.15, -0.1) is 0 Å². The molecule has 1 N–H and O–H groups in total. The lowest BCUT2D eigenvalue weighted by molar-refractivity contribution is -0.117. The number of nitrogens with one attached hydrogen (secondary N) is 1. The molecule has 1 atom stereocenters. The van der Waals surface area contributed by atoms with Gasteiger partial charge in [0, 0.05) is 30.9 Å². The molecule has 1 fully saturated rings. The second-order valence-corrected chi connectivity index (χ2v) is 6.77. The van der Waals surface area contributed by atoms with Gasteiger partial charge in [0.25, 0.3) is 5.91 Å². The van der Waals surface area contributed by atoms with Crippen molar-refractivity contribution >= 4 is 29.1 Å². The molecule has 1 saturated heterocycles. The average Bonchev–Trinajstić information content (AvgIpc) is 3.07. The lowest BCUT2D eigenvalue weighted by atomic mass is 10.2. The maximum Gasteiger partial charge on any atom is 0.253 e. The van der Waals surface area contributed by atoms with Crippen molar-refractivity contribution in [1.29, 1.82) is 0 Å². The van der Waals surface area contributed by atoms with E-state index in [9.17, 15) is 9.59 Å². The van der Waals surface area contributed by atoms with Crippen molar-refractivity contribution in [3.05, 3.63) is 52.3 Å². The van der Waals surface area contributed by atoms with Crippen LogP contribution < -0.4 is 10.2 Å². The molecule has 2 heterocycles. The number of nitrogens with zero attached hydrogens (tertiary/aromatic N) is 2. The van der Waals surface area contributed by atoms with E-state index in [2.05, 4.69) is 16.8 Å². The third kappa shape index (κ3) is 3.29. The summed E-state index contributed by atoms with van der Waals surface area (Å²) in [6.07, 6.45) is 0.281. The molecular weight excluding hydrogens is 338 g/mol. The molecule has 2 aromatic rings. The van der Waals surface area contributed by atoms with Crippen molar-refractivity contribution in [1.82, 2.24) is 9.88 Å². The zero-order chi connectivity index (χ0) is 18.1. The highest BCUT2D eigenvalue weighted by Crippen LogP contribution is 2.29. The van der Waals surface area contributed by atoms with E-state index in [1.54, 1.807) is 11.0 Å². The highest BCUT2D eigenvalue weighted by molar-refractivity contribution is 6.33. The number of benzene rings is 1. The van der Waals surface area contributed by atoms with Gasteiger partial charge in [-0.3, -0.25) is 9.59 Å². The first-order valence-electron chi connectivity index (χ1n) is 8.44. The van der Waals surface area contributed by atoms with Crippen LogP contribution in [0.5, 0.6) is 0 Å². The van der Waals surface area contributed by atoms with Gasteiger partial charge in [-0.2, -0.15) is 0 Å². The highest BCUT2D eigenvalue weighted by Gasteiger charge is 2.33. The van der Waals surface area contributed by atoms with Crippen LogP contribution in [0.4, 0.5) is 5.69 Å². The molecule has 1 aromatic carbocycles. The van der Waals surface area contributed by atoms with Crippen LogP contribution in [0.1, 0.15) is 35.1 Å². The second-order valence-electron chi connectivity index (χ2n) is 6.36. The largest absolute Gasteiger partial charge is 0.349 e. The number of aromatic nitrogens is 1. The van der Waals surface area contributed by atoms with Crippen LogP contribution in [0.15, 0.2) is 30.3 Å². The first kappa shape index (κ1) is 17.5. The second kappa shape index (κ2) is 6.92. The predicted molar refractivity (Wildman–Crippen MR) is 99.3 cm³/mol. The van der Waals surface area contributed by atoms with Crippen molar-refractivity contribution in [2.45, 2.75) is 39.8 Å². The molecule has 6 heteroatoms. The molecule has 0 saturated carbocycles. The van der Waals surface area contributed by atoms with Crippen molar-refractivity contribution in [3.8, 4) is 0 Å². The molecule has 0 spiro atoms. The zero-order valence-electron chi connectivity index (χ0n) is 14.7. The molecule has 1 aromatic heterocycles. The molecule has 0 bridgehead atoms. The average molecular weight is 360 g/mol. The summed E-state index contributed by atoms with van der Waals surface area (Å²) in [6.45, 7) is 7.25. The van der Waals surface area contributed by atoms with E-state index in [1.807, 2.05) is 38.1 Å². The van der Waals surface area contributed by atoms with E-state index >= 15 is 0 Å². The van der Waals surface area contributed by atoms with Gasteiger partial charge in [-0.25, -0.2) is 0 Å². The predicted octanol–water partition coefficient (Wildman–Crippen LogP) is 3.31. The molecular formula is C19H22ClN3O2. The van der Waals surface area contributed by atoms with E-state index in [1.165, 1.54) is 0 Å². The normalized spacial score (nSPS) is 17.2. The molecule has 25 heavy (non-hydrogen) atoms. The van der Waals surface area contributed by atoms with Crippen LogP contribution in [0.3, 0.4) is 0 Å². The van der Waals surface area contributed by atoms with Crippen LogP contribution in [-0.2, 0) is 11.3 Å². The van der Waals surface area contributed by atoms with Crippen LogP contribution >= 0.6 is 11.6 Å². The van der Waals surface area contributed by atoms with Gasteiger partial charge in [0.1, 0.15) is 0 Å². The fraction of sp³-hybridized carbons (Fsp3) is 0.368. The molecule has 5 nitrogen and oxygen atoms in total. The van der Waals surface area contributed by atoms with E-state index in [0.29, 0.717) is 22.8 Å². The first-order valence-corrected chi connectivity index (χ1v) is 8.82. The van der Waals surface area contributed by atoms with Gasteiger partial charge >= 0.3 is 0 Å². The topological polar surface area (TPSA) is 54.3 Å². The monoisotopic (exact) mass is 359 g/mol. The summed E-state index contributed by atoms with van der Waals surface area (Å²) < 4.78 is 2.10. The van der Waals surface area contributed by atoms with Crippen molar-refractivity contribution in [2.24, 2.45) is 0 Å². The Labute approximate surface area is 152 Å². The fourth-order valence-electron chi connectivity index (χ4n) is 3.49. The van der Waals surface area contributed by atoms with Crippen molar-refractivity contribution < 1.29 is 9.59 Å². The number of anilines is 1. The van der Waals surface area contributed by atoms with Crippen molar-refractivity contribution in [3.63, 3.8) is 0 Å². The SMILES string of the molecule is CCn1c(C)cc(C(=O)NC2CC(=O)N(c3ccccc3Cl)C2)c1C. The number of para-hydroxylation sites is 1. The Balaban J connectivity index is 1.74. The van der Waals surface area contributed by atoms with Gasteiger partial charge in [0.05, 0.1) is 22.3 Å². The lowest BCUT2D eigenvalue weighted by Crippen LogP contribution is -2.37. The Kier molecular flexibility index (Phi) is 4.86. The number of rotatable bonds is 4. The summed E-state index contributed by atoms with van der Waals surface area (Å²) in [5, 5.41) is 3.53. The Morgan fingerprint density at radius 2 is 2.04 bits per heavy atom. The minimum atomic E-state index is -0.221. The van der Waals surface area contributed by atoms with Crippen LogP contribution in [0, 0.1) is 13.8 Å². The summed E-state index contributed by atoms with van der Waals surface area (Å²) >= 11 is 6.19. The Hall–Kier alpha value is -2.27. The van der Waals surface area contributed by atoms with E-state index in [-0.39, 0.29) is 24.3 Å². The van der Waals surface area contributed by atoms with Gasteiger partial charge in [-0.1, -0.05) is 23.7 Å². The number of carbonyl (C=O) groups excluding carboxylic acids is 2. The third-order valence-electron chi connectivity index (χ3n) is 4.74. The Bertz CT molecular complexity index is 828. The minimum absolute atomic E-state index is 0.0302. The lowest BCUT2D eigenvalue weighted by Gasteiger charge is -2.18. The van der Waals surface area contributed by atoms with Crippen LogP contribution in [0.2, 0.25) is 5.02 Å². The number of hydrogen-bond donors (Lipinski definition) is 1. The minimum Gasteiger partial charge on any atom is -0.349 e. The van der Waals surface area contributed by atoms with Gasteiger partial charge < -0.3 is 14.8 Å². The Morgan fingerprint density at radius 3 is 2.68 bits per heavy atom. The number of hydrogen-bond acceptors (Lipinski definition) is 2. The van der Waals surface area contributed by atoms with Crippen LogP contribution in [-0.4, -0.2) is 29.0 Å². The van der Waals surface area contributed by atoms with E-state index in [4.69, 9.17) is 11.6 Å². The summed E-state index contributed by atoms with van der Waals surface area (Å²) in [4.78, 5) is 26.6. The van der Waals surface area contributed by atoms with E-state index in [0.717, 1.165) is 17.9 Å². The highest BCUT2D eigenvalue weighted by atomic mass is 35.5. The van der Waals surface area contributed by atoms with E-state index < -0.39 is 0 Å². The molecule has 1 aliphatic heterocycles. The van der Waals surface area contributed by atoms with Gasteiger partial charge in [0.2, 0.25) is 5.91 Å². The molecule has 3 rings (SSSR count). The fourth-order valence-corrected chi connectivity index (χ4v) is 3.73. The number of amides is 2. The third-order valence-corrected chi connectivity index (χ3v) is 5.06. The summed E-state index contributed by atoms with van der Waals surface area (Å²) in [6, 6.07) is 8.93. The standard InChI is InChI=1S/C19H22ClN3O2/c1-4-22-12(2)9-15(13(22)3)19(25)21-14-10-18(24)23(11-14)17-8-6-5-7-16(17)20/h5-9,14H,4,10-11H2,1-3H3,(H,21,25). The molecule has 1 unspecified atom stereocenters. The van der Waals surface area contributed by atoms with Crippen molar-refractivity contribution in [2.75, 3.05) is 11.4 Å². The summed E-state index contributed by atoms with van der Waals surface area (Å²) in [5.74, 6) is -0.163. The Morgan fingerprint density at radius 1 is 1.32 bits per heavy atom.